The van der Waals surface area contributed by atoms with Crippen molar-refractivity contribution in [3.8, 4) is 5.75 Å². The van der Waals surface area contributed by atoms with Gasteiger partial charge in [-0.1, -0.05) is 0 Å². The van der Waals surface area contributed by atoms with E-state index in [0.29, 0.717) is 5.75 Å². The molecule has 1 aromatic carbocycles. The molecule has 0 amide bonds. The average molecular weight is 223 g/mol. The van der Waals surface area contributed by atoms with Crippen LogP contribution in [0, 0.1) is 5.92 Å². The van der Waals surface area contributed by atoms with Gasteiger partial charge in [-0.05, 0) is 61.9 Å². The first-order valence-electron chi connectivity index (χ1n) is 5.47. The van der Waals surface area contributed by atoms with E-state index in [1.807, 2.05) is 23.9 Å². The van der Waals surface area contributed by atoms with Crippen molar-refractivity contribution in [2.45, 2.75) is 17.7 Å². The van der Waals surface area contributed by atoms with Crippen LogP contribution in [0.2, 0.25) is 0 Å². The number of phenolic OH excluding ortho intramolecular Hbond substituents is 1. The van der Waals surface area contributed by atoms with E-state index in [0.717, 1.165) is 5.92 Å². The third kappa shape index (κ3) is 3.43. The predicted octanol–water partition coefficient (Wildman–Crippen LogP) is 2.48. The summed E-state index contributed by atoms with van der Waals surface area (Å²) in [6.45, 7) is 2.38. The van der Waals surface area contributed by atoms with Gasteiger partial charge < -0.3 is 10.4 Å². The van der Waals surface area contributed by atoms with E-state index in [1.54, 1.807) is 12.1 Å². The quantitative estimate of drug-likeness (QED) is 0.769. The molecule has 0 saturated carbocycles. The molecule has 3 heteroatoms. The van der Waals surface area contributed by atoms with E-state index < -0.39 is 0 Å². The zero-order valence-corrected chi connectivity index (χ0v) is 9.59. The summed E-state index contributed by atoms with van der Waals surface area (Å²) < 4.78 is 0. The number of aromatic hydroxyl groups is 1. The summed E-state index contributed by atoms with van der Waals surface area (Å²) >= 11 is 1.88. The number of phenols is 1. The van der Waals surface area contributed by atoms with Crippen molar-refractivity contribution in [1.29, 1.82) is 0 Å². The second kappa shape index (κ2) is 5.42. The molecule has 1 fully saturated rings. The Balaban J connectivity index is 1.71. The van der Waals surface area contributed by atoms with Crippen LogP contribution >= 0.6 is 11.8 Å². The maximum atomic E-state index is 9.14. The van der Waals surface area contributed by atoms with Gasteiger partial charge in [0.1, 0.15) is 5.75 Å². The summed E-state index contributed by atoms with van der Waals surface area (Å²) in [6.07, 6.45) is 2.62. The number of thioether (sulfide) groups is 1. The summed E-state index contributed by atoms with van der Waals surface area (Å²) in [5, 5.41) is 12.5. The normalized spacial score (nSPS) is 20.7. The fourth-order valence-electron chi connectivity index (χ4n) is 1.85. The molecule has 1 unspecified atom stereocenters. The second-order valence-electron chi connectivity index (χ2n) is 3.99. The Morgan fingerprint density at radius 2 is 2.13 bits per heavy atom. The van der Waals surface area contributed by atoms with Gasteiger partial charge in [0, 0.05) is 4.90 Å². The monoisotopic (exact) mass is 223 g/mol. The topological polar surface area (TPSA) is 32.3 Å². The van der Waals surface area contributed by atoms with Gasteiger partial charge in [-0.25, -0.2) is 0 Å². The third-order valence-corrected chi connectivity index (χ3v) is 3.84. The molecule has 1 heterocycles. The lowest BCUT2D eigenvalue weighted by molar-refractivity contribution is 0.475. The first-order valence-corrected chi connectivity index (χ1v) is 6.46. The highest BCUT2D eigenvalue weighted by Gasteiger charge is 2.13. The Hall–Kier alpha value is -0.670. The van der Waals surface area contributed by atoms with E-state index >= 15 is 0 Å². The van der Waals surface area contributed by atoms with Crippen LogP contribution in [0.15, 0.2) is 29.2 Å². The molecule has 1 aliphatic rings. The minimum absolute atomic E-state index is 0.347. The Labute approximate surface area is 95.1 Å². The zero-order valence-electron chi connectivity index (χ0n) is 8.78. The maximum Gasteiger partial charge on any atom is 0.115 e. The smallest absolute Gasteiger partial charge is 0.115 e. The number of benzene rings is 1. The zero-order chi connectivity index (χ0) is 10.5. The first-order chi connectivity index (χ1) is 7.34. The number of rotatable bonds is 4. The number of hydrogen-bond donors (Lipinski definition) is 2. The van der Waals surface area contributed by atoms with E-state index in [9.17, 15) is 0 Å². The van der Waals surface area contributed by atoms with Gasteiger partial charge in [0.05, 0.1) is 0 Å². The molecule has 0 aromatic heterocycles. The van der Waals surface area contributed by atoms with E-state index in [2.05, 4.69) is 5.32 Å². The minimum Gasteiger partial charge on any atom is -0.508 e. The van der Waals surface area contributed by atoms with Crippen molar-refractivity contribution in [3.05, 3.63) is 24.3 Å². The highest BCUT2D eigenvalue weighted by atomic mass is 32.2. The molecule has 2 N–H and O–H groups in total. The van der Waals surface area contributed by atoms with E-state index in [4.69, 9.17) is 5.11 Å². The Kier molecular flexibility index (Phi) is 3.92. The van der Waals surface area contributed by atoms with Crippen LogP contribution in [0.4, 0.5) is 0 Å². The van der Waals surface area contributed by atoms with E-state index in [1.165, 1.54) is 36.6 Å². The van der Waals surface area contributed by atoms with Gasteiger partial charge in [0.25, 0.3) is 0 Å². The molecule has 0 radical (unpaired) electrons. The second-order valence-corrected chi connectivity index (χ2v) is 5.16. The van der Waals surface area contributed by atoms with Crippen molar-refractivity contribution in [2.24, 2.45) is 5.92 Å². The third-order valence-electron chi connectivity index (χ3n) is 2.79. The van der Waals surface area contributed by atoms with Crippen LogP contribution in [0.3, 0.4) is 0 Å². The molecule has 0 bridgehead atoms. The van der Waals surface area contributed by atoms with Crippen molar-refractivity contribution >= 4 is 11.8 Å². The maximum absolute atomic E-state index is 9.14. The molecule has 2 nitrogen and oxygen atoms in total. The molecule has 1 aromatic rings. The summed E-state index contributed by atoms with van der Waals surface area (Å²) in [5.41, 5.74) is 0. The lowest BCUT2D eigenvalue weighted by Gasteiger charge is -2.07. The molecule has 1 atom stereocenters. The fraction of sp³-hybridized carbons (Fsp3) is 0.500. The van der Waals surface area contributed by atoms with Gasteiger partial charge in [0.2, 0.25) is 0 Å². The van der Waals surface area contributed by atoms with Crippen LogP contribution in [0.1, 0.15) is 12.8 Å². The van der Waals surface area contributed by atoms with Gasteiger partial charge in [0.15, 0.2) is 0 Å². The molecule has 2 rings (SSSR count). The summed E-state index contributed by atoms with van der Waals surface area (Å²) in [4.78, 5) is 1.25. The molecule has 0 spiro atoms. The lowest BCUT2D eigenvalue weighted by atomic mass is 10.1. The standard InChI is InChI=1S/C12H17NOS/c14-11-1-3-12(4-2-11)15-8-6-10-5-7-13-9-10/h1-4,10,13-14H,5-9H2. The van der Waals surface area contributed by atoms with E-state index in [-0.39, 0.29) is 0 Å². The Morgan fingerprint density at radius 1 is 1.33 bits per heavy atom. The Morgan fingerprint density at radius 3 is 2.80 bits per heavy atom. The van der Waals surface area contributed by atoms with Crippen molar-refractivity contribution < 1.29 is 5.11 Å². The molecule has 1 saturated heterocycles. The predicted molar refractivity (Wildman–Crippen MR) is 64.4 cm³/mol. The van der Waals surface area contributed by atoms with Crippen LogP contribution < -0.4 is 5.32 Å². The fourth-order valence-corrected chi connectivity index (χ4v) is 2.86. The molecule has 15 heavy (non-hydrogen) atoms. The molecule has 82 valence electrons. The van der Waals surface area contributed by atoms with Crippen molar-refractivity contribution in [1.82, 2.24) is 5.32 Å². The van der Waals surface area contributed by atoms with Gasteiger partial charge >= 0.3 is 0 Å². The molecular formula is C12H17NOS. The highest BCUT2D eigenvalue weighted by Crippen LogP contribution is 2.23. The van der Waals surface area contributed by atoms with Crippen LogP contribution in [-0.2, 0) is 0 Å². The highest BCUT2D eigenvalue weighted by molar-refractivity contribution is 7.99. The Bertz CT molecular complexity index is 293. The van der Waals surface area contributed by atoms with Gasteiger partial charge in [-0.3, -0.25) is 0 Å². The van der Waals surface area contributed by atoms with Crippen LogP contribution in [-0.4, -0.2) is 23.9 Å². The average Bonchev–Trinajstić information content (AvgIpc) is 2.74. The number of nitrogens with one attached hydrogen (secondary N) is 1. The van der Waals surface area contributed by atoms with Crippen molar-refractivity contribution in [2.75, 3.05) is 18.8 Å². The molecule has 1 aliphatic heterocycles. The first kappa shape index (κ1) is 10.8. The summed E-state index contributed by atoms with van der Waals surface area (Å²) in [5.74, 6) is 2.39. The lowest BCUT2D eigenvalue weighted by Crippen LogP contribution is -2.09. The summed E-state index contributed by atoms with van der Waals surface area (Å²) in [7, 11) is 0. The van der Waals surface area contributed by atoms with Gasteiger partial charge in [-0.15, -0.1) is 11.8 Å². The molecule has 0 aliphatic carbocycles. The number of hydrogen-bond acceptors (Lipinski definition) is 3. The van der Waals surface area contributed by atoms with Crippen LogP contribution in [0.25, 0.3) is 0 Å². The minimum atomic E-state index is 0.347. The summed E-state index contributed by atoms with van der Waals surface area (Å²) in [6, 6.07) is 7.46. The molecular weight excluding hydrogens is 206 g/mol. The van der Waals surface area contributed by atoms with Gasteiger partial charge in [-0.2, -0.15) is 0 Å². The van der Waals surface area contributed by atoms with Crippen molar-refractivity contribution in [3.63, 3.8) is 0 Å². The van der Waals surface area contributed by atoms with Crippen LogP contribution in [0.5, 0.6) is 5.75 Å². The largest absolute Gasteiger partial charge is 0.508 e. The SMILES string of the molecule is Oc1ccc(SCCC2CCNC2)cc1.